The minimum absolute atomic E-state index is 0.0265. The SMILES string of the molecule is COc1ccc(C(OC[C@H]2O[C@@H](N3CN=C4C3=NC=NC4(N)C(C)=O)[C@H](OCOCCC(COC(C)=O)OC(C)=O)[C@@H]2O)(c2ccccc2)c2ccc(OC)cc2)cc1. The number of Topliss-reactive ketones (excluding diaryl/α,β-unsaturated/α-hetero) is 1. The van der Waals surface area contributed by atoms with E-state index >= 15 is 0 Å². The lowest BCUT2D eigenvalue weighted by Gasteiger charge is -2.37. The quantitative estimate of drug-likeness (QED) is 0.0772. The first-order chi connectivity index (χ1) is 28.4. The van der Waals surface area contributed by atoms with Crippen LogP contribution in [-0.4, -0.2) is 129 Å². The zero-order valence-corrected chi connectivity index (χ0v) is 33.5. The molecule has 0 amide bonds. The van der Waals surface area contributed by atoms with Gasteiger partial charge in [-0.2, -0.15) is 0 Å². The summed E-state index contributed by atoms with van der Waals surface area (Å²) in [6.45, 7) is 3.26. The van der Waals surface area contributed by atoms with Crippen LogP contribution in [0.2, 0.25) is 0 Å². The van der Waals surface area contributed by atoms with Gasteiger partial charge in [0.2, 0.25) is 5.66 Å². The van der Waals surface area contributed by atoms with E-state index in [0.29, 0.717) is 11.5 Å². The molecule has 3 heterocycles. The number of carbonyl (C=O) groups excluding carboxylic acids is 3. The van der Waals surface area contributed by atoms with Crippen LogP contribution in [0.4, 0.5) is 0 Å². The standard InChI is InChI=1S/C42H49N5O12/c1-26(48)42(43)38-39(44-23-46-42)47(24-45-38)40-37(56-25-54-20-19-34(58-28(3)50)21-55-27(2)49)36(51)35(59-40)22-57-41(29-9-7-6-8-10-29,30-11-15-32(52-4)16-12-30)31-13-17-33(53-5)18-14-31/h6-18,23,34-37,40,51H,19-22,24-25,43H2,1-5H3/t34?,35-,36-,37-,40-,42?/m1/s1. The minimum Gasteiger partial charge on any atom is -0.497 e. The summed E-state index contributed by atoms with van der Waals surface area (Å²) in [5.74, 6) is 0.0758. The van der Waals surface area contributed by atoms with Crippen molar-refractivity contribution in [2.75, 3.05) is 47.5 Å². The van der Waals surface area contributed by atoms with Gasteiger partial charge in [0.1, 0.15) is 73.6 Å². The normalized spacial score (nSPS) is 22.9. The molecule has 2 unspecified atom stereocenters. The summed E-state index contributed by atoms with van der Waals surface area (Å²) in [6, 6.07) is 24.8. The van der Waals surface area contributed by atoms with Gasteiger partial charge in [-0.3, -0.25) is 25.1 Å². The Labute approximate surface area is 341 Å². The fourth-order valence-corrected chi connectivity index (χ4v) is 7.13. The molecule has 314 valence electrons. The average molecular weight is 816 g/mol. The van der Waals surface area contributed by atoms with Gasteiger partial charge in [-0.05, 0) is 47.9 Å². The van der Waals surface area contributed by atoms with Gasteiger partial charge in [-0.1, -0.05) is 54.6 Å². The zero-order valence-electron chi connectivity index (χ0n) is 33.5. The Morgan fingerprint density at radius 2 is 1.56 bits per heavy atom. The third-order valence-electron chi connectivity index (χ3n) is 10.2. The molecular formula is C42H49N5O12. The number of hydrogen-bond acceptors (Lipinski definition) is 17. The van der Waals surface area contributed by atoms with E-state index in [0.717, 1.165) is 16.7 Å². The van der Waals surface area contributed by atoms with Crippen LogP contribution in [0.15, 0.2) is 93.8 Å². The van der Waals surface area contributed by atoms with Crippen molar-refractivity contribution in [1.29, 1.82) is 0 Å². The number of benzene rings is 3. The zero-order chi connectivity index (χ0) is 42.2. The van der Waals surface area contributed by atoms with Crippen molar-refractivity contribution in [3.63, 3.8) is 0 Å². The number of aliphatic hydroxyl groups is 1. The molecule has 0 radical (unpaired) electrons. The number of nitrogens with zero attached hydrogens (tertiary/aromatic N) is 4. The van der Waals surface area contributed by atoms with Crippen LogP contribution in [0, 0.1) is 0 Å². The third kappa shape index (κ3) is 9.35. The van der Waals surface area contributed by atoms with Crippen LogP contribution in [0.1, 0.15) is 43.9 Å². The molecule has 3 aliphatic heterocycles. The van der Waals surface area contributed by atoms with Crippen molar-refractivity contribution in [3.8, 4) is 11.5 Å². The lowest BCUT2D eigenvalue weighted by Crippen LogP contribution is -2.59. The molecule has 6 rings (SSSR count). The Hall–Kier alpha value is -5.56. The highest BCUT2D eigenvalue weighted by Gasteiger charge is 2.54. The maximum atomic E-state index is 12.7. The number of aliphatic hydroxyl groups excluding tert-OH is 1. The highest BCUT2D eigenvalue weighted by Crippen LogP contribution is 2.43. The Morgan fingerprint density at radius 1 is 0.932 bits per heavy atom. The first kappa shape index (κ1) is 43.0. The Morgan fingerprint density at radius 3 is 2.14 bits per heavy atom. The predicted octanol–water partition coefficient (Wildman–Crippen LogP) is 2.74. The predicted molar refractivity (Wildman–Crippen MR) is 213 cm³/mol. The highest BCUT2D eigenvalue weighted by atomic mass is 16.7. The number of fused-ring (bicyclic) bond motifs is 1. The number of amidine groups is 1. The summed E-state index contributed by atoms with van der Waals surface area (Å²) < 4.78 is 46.9. The van der Waals surface area contributed by atoms with Gasteiger partial charge in [0.05, 0.1) is 27.4 Å². The fraction of sp³-hybridized carbons (Fsp3) is 0.429. The number of ether oxygens (including phenoxy) is 8. The first-order valence-corrected chi connectivity index (χ1v) is 19.0. The van der Waals surface area contributed by atoms with E-state index in [1.807, 2.05) is 78.9 Å². The number of methoxy groups -OCH3 is 2. The molecule has 0 aromatic heterocycles. The fourth-order valence-electron chi connectivity index (χ4n) is 7.13. The van der Waals surface area contributed by atoms with Gasteiger partial charge in [-0.15, -0.1) is 0 Å². The van der Waals surface area contributed by atoms with E-state index in [1.165, 1.54) is 27.1 Å². The topological polar surface area (TPSA) is 212 Å². The summed E-state index contributed by atoms with van der Waals surface area (Å²) in [6.07, 6.45) is -3.71. The number of hydrogen-bond donors (Lipinski definition) is 2. The third-order valence-corrected chi connectivity index (χ3v) is 10.2. The molecule has 1 fully saturated rings. The van der Waals surface area contributed by atoms with E-state index in [-0.39, 0.29) is 51.3 Å². The van der Waals surface area contributed by atoms with Gasteiger partial charge in [0.25, 0.3) is 0 Å². The van der Waals surface area contributed by atoms with Gasteiger partial charge >= 0.3 is 11.9 Å². The Bertz CT molecular complexity index is 1980. The Kier molecular flexibility index (Phi) is 13.9. The Balaban J connectivity index is 1.28. The van der Waals surface area contributed by atoms with E-state index in [9.17, 15) is 19.5 Å². The van der Waals surface area contributed by atoms with Crippen molar-refractivity contribution in [1.82, 2.24) is 4.90 Å². The molecule has 0 bridgehead atoms. The monoisotopic (exact) mass is 815 g/mol. The number of aliphatic imine (C=N–C) groups is 3. The number of rotatable bonds is 19. The molecule has 0 saturated carbocycles. The van der Waals surface area contributed by atoms with Crippen LogP contribution >= 0.6 is 0 Å². The van der Waals surface area contributed by atoms with Crippen molar-refractivity contribution >= 4 is 35.6 Å². The van der Waals surface area contributed by atoms with Crippen molar-refractivity contribution in [2.24, 2.45) is 20.7 Å². The van der Waals surface area contributed by atoms with E-state index in [2.05, 4.69) is 15.0 Å². The molecular weight excluding hydrogens is 766 g/mol. The van der Waals surface area contributed by atoms with Crippen molar-refractivity contribution in [2.45, 2.75) is 69.1 Å². The lowest BCUT2D eigenvalue weighted by atomic mass is 9.80. The number of ketones is 1. The molecule has 17 nitrogen and oxygen atoms in total. The number of carbonyl (C=O) groups is 3. The second kappa shape index (κ2) is 19.0. The molecule has 1 saturated heterocycles. The minimum atomic E-state index is -1.75. The molecule has 3 aliphatic rings. The maximum absolute atomic E-state index is 12.7. The van der Waals surface area contributed by atoms with Crippen LogP contribution in [0.5, 0.6) is 11.5 Å². The first-order valence-electron chi connectivity index (χ1n) is 19.0. The van der Waals surface area contributed by atoms with Gasteiger partial charge in [0.15, 0.2) is 17.8 Å². The largest absolute Gasteiger partial charge is 0.497 e. The molecule has 3 aromatic rings. The maximum Gasteiger partial charge on any atom is 0.303 e. The molecule has 17 heteroatoms. The van der Waals surface area contributed by atoms with E-state index in [1.54, 1.807) is 19.1 Å². The number of nitrogens with two attached hydrogens (primary N) is 1. The molecule has 0 spiro atoms. The summed E-state index contributed by atoms with van der Waals surface area (Å²) in [4.78, 5) is 50.4. The summed E-state index contributed by atoms with van der Waals surface area (Å²) in [5, 5.41) is 12.0. The highest BCUT2D eigenvalue weighted by molar-refractivity contribution is 6.51. The molecule has 3 aromatic carbocycles. The van der Waals surface area contributed by atoms with E-state index < -0.39 is 59.6 Å². The smallest absolute Gasteiger partial charge is 0.303 e. The van der Waals surface area contributed by atoms with Crippen LogP contribution in [0.3, 0.4) is 0 Å². The van der Waals surface area contributed by atoms with Crippen LogP contribution < -0.4 is 15.2 Å². The van der Waals surface area contributed by atoms with Crippen LogP contribution in [0.25, 0.3) is 0 Å². The number of esters is 2. The average Bonchev–Trinajstić information content (AvgIpc) is 3.81. The summed E-state index contributed by atoms with van der Waals surface area (Å²) in [5.41, 5.74) is 5.96. The van der Waals surface area contributed by atoms with Gasteiger partial charge in [-0.25, -0.2) is 9.98 Å². The second-order valence-corrected chi connectivity index (χ2v) is 14.0. The second-order valence-electron chi connectivity index (χ2n) is 14.0. The molecule has 0 aliphatic carbocycles. The molecule has 6 atom stereocenters. The van der Waals surface area contributed by atoms with Gasteiger partial charge in [0, 0.05) is 20.3 Å². The summed E-state index contributed by atoms with van der Waals surface area (Å²) >= 11 is 0. The molecule has 59 heavy (non-hydrogen) atoms. The van der Waals surface area contributed by atoms with Crippen molar-refractivity contribution in [3.05, 3.63) is 95.6 Å². The van der Waals surface area contributed by atoms with Crippen molar-refractivity contribution < 1.29 is 57.4 Å². The van der Waals surface area contributed by atoms with Gasteiger partial charge < -0.3 is 47.9 Å². The van der Waals surface area contributed by atoms with E-state index in [4.69, 9.17) is 43.6 Å². The lowest BCUT2D eigenvalue weighted by molar-refractivity contribution is -0.161. The summed E-state index contributed by atoms with van der Waals surface area (Å²) in [7, 11) is 3.19. The molecule has 3 N–H and O–H groups in total. The van der Waals surface area contributed by atoms with Crippen LogP contribution in [-0.2, 0) is 48.4 Å².